The lowest BCUT2D eigenvalue weighted by Crippen LogP contribution is -2.42. The van der Waals surface area contributed by atoms with Crippen LogP contribution in [0.5, 0.6) is 0 Å². The van der Waals surface area contributed by atoms with Crippen LogP contribution >= 0.6 is 0 Å². The molecule has 0 amide bonds. The lowest BCUT2D eigenvalue weighted by Gasteiger charge is -2.31. The monoisotopic (exact) mass is 262 g/mol. The minimum absolute atomic E-state index is 0.494. The number of aromatic nitrogens is 1. The molecule has 1 aliphatic heterocycles. The molecule has 0 aromatic carbocycles. The minimum atomic E-state index is 0.494. The summed E-state index contributed by atoms with van der Waals surface area (Å²) in [6, 6.07) is 4.65. The van der Waals surface area contributed by atoms with Crippen molar-refractivity contribution in [3.63, 3.8) is 0 Å². The van der Waals surface area contributed by atoms with Gasteiger partial charge in [0.25, 0.3) is 0 Å². The fourth-order valence-corrected chi connectivity index (χ4v) is 2.76. The van der Waals surface area contributed by atoms with Crippen LogP contribution in [0.15, 0.2) is 18.3 Å². The third-order valence-corrected chi connectivity index (χ3v) is 3.95. The molecular formula is C16H26N2O. The van der Waals surface area contributed by atoms with Crippen LogP contribution in [0.25, 0.3) is 0 Å². The van der Waals surface area contributed by atoms with Gasteiger partial charge in [0.05, 0.1) is 6.61 Å². The van der Waals surface area contributed by atoms with E-state index in [1.165, 1.54) is 30.5 Å². The molecule has 2 rings (SSSR count). The van der Waals surface area contributed by atoms with Crippen LogP contribution < -0.4 is 5.32 Å². The fourth-order valence-electron chi connectivity index (χ4n) is 2.76. The number of nitrogens with zero attached hydrogens (tertiary/aromatic N) is 1. The second kappa shape index (κ2) is 7.61. The molecule has 1 aromatic heterocycles. The maximum absolute atomic E-state index is 5.65. The van der Waals surface area contributed by atoms with Crippen LogP contribution in [0, 0.1) is 12.8 Å². The van der Waals surface area contributed by atoms with Gasteiger partial charge in [0, 0.05) is 31.0 Å². The van der Waals surface area contributed by atoms with Gasteiger partial charge < -0.3 is 10.1 Å². The number of hydrogen-bond donors (Lipinski definition) is 1. The Bertz CT molecular complexity index is 375. The van der Waals surface area contributed by atoms with Gasteiger partial charge in [0.2, 0.25) is 0 Å². The molecule has 2 atom stereocenters. The van der Waals surface area contributed by atoms with E-state index < -0.39 is 0 Å². The predicted octanol–water partition coefficient (Wildman–Crippen LogP) is 2.73. The highest BCUT2D eigenvalue weighted by molar-refractivity contribution is 5.18. The van der Waals surface area contributed by atoms with Gasteiger partial charge in [0.1, 0.15) is 0 Å². The number of aryl methyl sites for hydroxylation is 1. The van der Waals surface area contributed by atoms with Crippen molar-refractivity contribution in [1.82, 2.24) is 10.3 Å². The molecule has 19 heavy (non-hydrogen) atoms. The summed E-state index contributed by atoms with van der Waals surface area (Å²) in [7, 11) is 0. The SMILES string of the molecule is CCCNC(Cc1ncccc1C)C1CCCOC1. The van der Waals surface area contributed by atoms with Gasteiger partial charge in [-0.3, -0.25) is 4.98 Å². The van der Waals surface area contributed by atoms with Crippen molar-refractivity contribution in [2.45, 2.75) is 45.6 Å². The zero-order valence-corrected chi connectivity index (χ0v) is 12.2. The standard InChI is InChI=1S/C16H26N2O/c1-3-8-17-16(14-7-5-10-19-12-14)11-15-13(2)6-4-9-18-15/h4,6,9,14,16-17H,3,5,7-8,10-12H2,1-2H3. The van der Waals surface area contributed by atoms with E-state index in [2.05, 4.69) is 30.2 Å². The maximum atomic E-state index is 5.65. The second-order valence-corrected chi connectivity index (χ2v) is 5.51. The molecule has 2 heterocycles. The normalized spacial score (nSPS) is 21.3. The first-order valence-electron chi connectivity index (χ1n) is 7.53. The molecule has 106 valence electrons. The zero-order valence-electron chi connectivity index (χ0n) is 12.2. The molecule has 1 fully saturated rings. The average molecular weight is 262 g/mol. The quantitative estimate of drug-likeness (QED) is 0.856. The van der Waals surface area contributed by atoms with Crippen LogP contribution in [-0.4, -0.2) is 30.8 Å². The molecule has 0 bridgehead atoms. The summed E-state index contributed by atoms with van der Waals surface area (Å²) in [4.78, 5) is 4.54. The van der Waals surface area contributed by atoms with Crippen LogP contribution in [-0.2, 0) is 11.2 Å². The first-order chi connectivity index (χ1) is 9.31. The van der Waals surface area contributed by atoms with Crippen molar-refractivity contribution in [3.8, 4) is 0 Å². The Morgan fingerprint density at radius 2 is 2.42 bits per heavy atom. The molecule has 3 nitrogen and oxygen atoms in total. The van der Waals surface area contributed by atoms with Crippen molar-refractivity contribution in [1.29, 1.82) is 0 Å². The molecule has 1 aliphatic rings. The van der Waals surface area contributed by atoms with E-state index in [-0.39, 0.29) is 0 Å². The number of rotatable bonds is 6. The topological polar surface area (TPSA) is 34.2 Å². The molecule has 0 aliphatic carbocycles. The molecule has 2 unspecified atom stereocenters. The van der Waals surface area contributed by atoms with Gasteiger partial charge in [-0.15, -0.1) is 0 Å². The van der Waals surface area contributed by atoms with E-state index >= 15 is 0 Å². The Morgan fingerprint density at radius 3 is 3.11 bits per heavy atom. The van der Waals surface area contributed by atoms with Crippen LogP contribution in [0.3, 0.4) is 0 Å². The number of hydrogen-bond acceptors (Lipinski definition) is 3. The molecular weight excluding hydrogens is 236 g/mol. The van der Waals surface area contributed by atoms with Crippen LogP contribution in [0.4, 0.5) is 0 Å². The van der Waals surface area contributed by atoms with Gasteiger partial charge in [0.15, 0.2) is 0 Å². The fraction of sp³-hybridized carbons (Fsp3) is 0.688. The van der Waals surface area contributed by atoms with Gasteiger partial charge in [-0.05, 0) is 50.3 Å². The van der Waals surface area contributed by atoms with Gasteiger partial charge in [-0.1, -0.05) is 13.0 Å². The first kappa shape index (κ1) is 14.5. The lowest BCUT2D eigenvalue weighted by atomic mass is 9.89. The largest absolute Gasteiger partial charge is 0.381 e. The highest BCUT2D eigenvalue weighted by atomic mass is 16.5. The summed E-state index contributed by atoms with van der Waals surface area (Å²) in [5.74, 6) is 0.627. The highest BCUT2D eigenvalue weighted by Gasteiger charge is 2.24. The van der Waals surface area contributed by atoms with Crippen LogP contribution in [0.1, 0.15) is 37.4 Å². The molecule has 0 saturated carbocycles. The third-order valence-electron chi connectivity index (χ3n) is 3.95. The number of nitrogens with one attached hydrogen (secondary N) is 1. The van der Waals surface area contributed by atoms with E-state index in [9.17, 15) is 0 Å². The van der Waals surface area contributed by atoms with Crippen molar-refractivity contribution in [3.05, 3.63) is 29.6 Å². The van der Waals surface area contributed by atoms with E-state index in [0.717, 1.165) is 26.2 Å². The van der Waals surface area contributed by atoms with Gasteiger partial charge in [-0.2, -0.15) is 0 Å². The van der Waals surface area contributed by atoms with E-state index in [4.69, 9.17) is 4.74 Å². The molecule has 1 N–H and O–H groups in total. The molecule has 0 spiro atoms. The predicted molar refractivity (Wildman–Crippen MR) is 78.3 cm³/mol. The zero-order chi connectivity index (χ0) is 13.5. The maximum Gasteiger partial charge on any atom is 0.0509 e. The van der Waals surface area contributed by atoms with Crippen molar-refractivity contribution in [2.24, 2.45) is 5.92 Å². The van der Waals surface area contributed by atoms with Crippen LogP contribution in [0.2, 0.25) is 0 Å². The summed E-state index contributed by atoms with van der Waals surface area (Å²) in [5, 5.41) is 3.69. The second-order valence-electron chi connectivity index (χ2n) is 5.51. The van der Waals surface area contributed by atoms with E-state index in [1.807, 2.05) is 12.3 Å². The summed E-state index contributed by atoms with van der Waals surface area (Å²) in [6.45, 7) is 7.27. The summed E-state index contributed by atoms with van der Waals surface area (Å²) in [5.41, 5.74) is 2.52. The Labute approximate surface area is 116 Å². The summed E-state index contributed by atoms with van der Waals surface area (Å²) >= 11 is 0. The Hall–Kier alpha value is -0.930. The molecule has 3 heteroatoms. The van der Waals surface area contributed by atoms with E-state index in [1.54, 1.807) is 0 Å². The highest BCUT2D eigenvalue weighted by Crippen LogP contribution is 2.21. The minimum Gasteiger partial charge on any atom is -0.381 e. The lowest BCUT2D eigenvalue weighted by molar-refractivity contribution is 0.0392. The summed E-state index contributed by atoms with van der Waals surface area (Å²) in [6.07, 6.45) is 6.55. The molecule has 1 aromatic rings. The van der Waals surface area contributed by atoms with E-state index in [0.29, 0.717) is 12.0 Å². The van der Waals surface area contributed by atoms with Crippen molar-refractivity contribution < 1.29 is 4.74 Å². The first-order valence-corrected chi connectivity index (χ1v) is 7.53. The number of ether oxygens (including phenoxy) is 1. The molecule has 1 saturated heterocycles. The average Bonchev–Trinajstić information content (AvgIpc) is 2.46. The number of pyridine rings is 1. The smallest absolute Gasteiger partial charge is 0.0509 e. The Balaban J connectivity index is 2.02. The van der Waals surface area contributed by atoms with Crippen molar-refractivity contribution >= 4 is 0 Å². The summed E-state index contributed by atoms with van der Waals surface area (Å²) < 4.78 is 5.65. The Kier molecular flexibility index (Phi) is 5.80. The van der Waals surface area contributed by atoms with Gasteiger partial charge in [-0.25, -0.2) is 0 Å². The third kappa shape index (κ3) is 4.29. The van der Waals surface area contributed by atoms with Crippen molar-refractivity contribution in [2.75, 3.05) is 19.8 Å². The van der Waals surface area contributed by atoms with Gasteiger partial charge >= 0.3 is 0 Å². The molecule has 0 radical (unpaired) electrons. The Morgan fingerprint density at radius 1 is 1.53 bits per heavy atom.